The Morgan fingerprint density at radius 2 is 2.04 bits per heavy atom. The zero-order valence-corrected chi connectivity index (χ0v) is 14.3. The van der Waals surface area contributed by atoms with Gasteiger partial charge < -0.3 is 5.32 Å². The number of nitrogens with zero attached hydrogens (tertiary/aromatic N) is 6. The summed E-state index contributed by atoms with van der Waals surface area (Å²) in [5, 5.41) is 8.95. The average molecular weight is 343 g/mol. The third-order valence-electron chi connectivity index (χ3n) is 4.55. The van der Waals surface area contributed by atoms with Crippen LogP contribution in [0.3, 0.4) is 0 Å². The van der Waals surface area contributed by atoms with E-state index in [2.05, 4.69) is 55.5 Å². The number of anilines is 1. The van der Waals surface area contributed by atoms with Crippen molar-refractivity contribution in [1.29, 1.82) is 0 Å². The molecule has 26 heavy (non-hydrogen) atoms. The maximum absolute atomic E-state index is 4.53. The summed E-state index contributed by atoms with van der Waals surface area (Å²) in [6, 6.07) is 6.19. The molecule has 0 spiro atoms. The molecule has 0 saturated heterocycles. The predicted molar refractivity (Wildman–Crippen MR) is 102 cm³/mol. The van der Waals surface area contributed by atoms with Gasteiger partial charge in [0.15, 0.2) is 5.84 Å². The second-order valence-corrected chi connectivity index (χ2v) is 6.52. The first-order valence-corrected chi connectivity index (χ1v) is 8.54. The molecule has 2 aliphatic rings. The van der Waals surface area contributed by atoms with Crippen molar-refractivity contribution < 1.29 is 0 Å². The summed E-state index contributed by atoms with van der Waals surface area (Å²) in [7, 11) is 0. The number of hydrogen-bond donors (Lipinski definition) is 1. The Hall–Kier alpha value is -3.35. The second-order valence-electron chi connectivity index (χ2n) is 6.52. The van der Waals surface area contributed by atoms with E-state index in [9.17, 15) is 0 Å². The van der Waals surface area contributed by atoms with Gasteiger partial charge >= 0.3 is 0 Å². The highest BCUT2D eigenvalue weighted by Crippen LogP contribution is 2.22. The van der Waals surface area contributed by atoms with E-state index in [4.69, 9.17) is 0 Å². The van der Waals surface area contributed by atoms with E-state index in [0.29, 0.717) is 13.1 Å². The molecule has 0 aliphatic carbocycles. The molecule has 0 saturated carbocycles. The topological polar surface area (TPSA) is 80.4 Å². The minimum absolute atomic E-state index is 0.570. The standard InChI is InChI=1S/C19H17N7/c1-12-6-15(22-8-12)11-26-17-3-2-14(7-13(17)9-24-26)25-19-18-16(10-23-19)20-4-5-21-18/h2-7,9H,8,10-11H2,1H3,(H,23,25). The van der Waals surface area contributed by atoms with E-state index in [-0.39, 0.29) is 0 Å². The van der Waals surface area contributed by atoms with E-state index >= 15 is 0 Å². The molecule has 2 aromatic heterocycles. The lowest BCUT2D eigenvalue weighted by molar-refractivity contribution is 0.752. The summed E-state index contributed by atoms with van der Waals surface area (Å²) in [6.45, 7) is 4.17. The van der Waals surface area contributed by atoms with Crippen molar-refractivity contribution >= 4 is 28.1 Å². The first kappa shape index (κ1) is 14.9. The van der Waals surface area contributed by atoms with Crippen LogP contribution >= 0.6 is 0 Å². The molecule has 3 aromatic rings. The number of allylic oxidation sites excluding steroid dienone is 1. The molecule has 2 aliphatic heterocycles. The molecule has 0 unspecified atom stereocenters. The average Bonchev–Trinajstić information content (AvgIpc) is 3.36. The number of nitrogens with one attached hydrogen (secondary N) is 1. The Morgan fingerprint density at radius 3 is 2.92 bits per heavy atom. The number of amidine groups is 1. The van der Waals surface area contributed by atoms with Crippen LogP contribution in [0.1, 0.15) is 18.3 Å². The minimum Gasteiger partial charge on any atom is -0.339 e. The Morgan fingerprint density at radius 1 is 1.12 bits per heavy atom. The number of aliphatic imine (C=N–C) groups is 2. The van der Waals surface area contributed by atoms with E-state index in [1.165, 1.54) is 5.57 Å². The lowest BCUT2D eigenvalue weighted by atomic mass is 10.2. The normalized spacial score (nSPS) is 15.7. The first-order chi connectivity index (χ1) is 12.8. The van der Waals surface area contributed by atoms with Crippen molar-refractivity contribution in [2.75, 3.05) is 11.9 Å². The van der Waals surface area contributed by atoms with E-state index in [1.54, 1.807) is 12.4 Å². The molecule has 4 heterocycles. The van der Waals surface area contributed by atoms with Gasteiger partial charge in [0.05, 0.1) is 42.8 Å². The number of aromatic nitrogens is 4. The highest BCUT2D eigenvalue weighted by Gasteiger charge is 2.18. The predicted octanol–water partition coefficient (Wildman–Crippen LogP) is 2.60. The zero-order chi connectivity index (χ0) is 17.5. The van der Waals surface area contributed by atoms with Crippen molar-refractivity contribution in [1.82, 2.24) is 19.7 Å². The SMILES string of the molecule is CC1=CC(Cn2ncc3cc(NC4=NCc5nccnc54)ccc32)=NC1. The third kappa shape index (κ3) is 2.57. The smallest absolute Gasteiger partial charge is 0.154 e. The highest BCUT2D eigenvalue weighted by atomic mass is 15.3. The first-order valence-electron chi connectivity index (χ1n) is 8.54. The van der Waals surface area contributed by atoms with Gasteiger partial charge in [-0.05, 0) is 31.2 Å². The molecule has 0 radical (unpaired) electrons. The Bertz CT molecular complexity index is 1100. The van der Waals surface area contributed by atoms with Crippen LogP contribution in [0.2, 0.25) is 0 Å². The monoisotopic (exact) mass is 343 g/mol. The molecular formula is C19H17N7. The maximum Gasteiger partial charge on any atom is 0.154 e. The van der Waals surface area contributed by atoms with Crippen molar-refractivity contribution in [3.8, 4) is 0 Å². The van der Waals surface area contributed by atoms with Crippen LogP contribution in [0.4, 0.5) is 5.69 Å². The summed E-state index contributed by atoms with van der Waals surface area (Å²) in [6.07, 6.45) is 7.41. The molecular weight excluding hydrogens is 326 g/mol. The van der Waals surface area contributed by atoms with Gasteiger partial charge in [-0.2, -0.15) is 5.10 Å². The molecule has 128 valence electrons. The second kappa shape index (κ2) is 5.87. The quantitative estimate of drug-likeness (QED) is 0.793. The van der Waals surface area contributed by atoms with Gasteiger partial charge in [0.1, 0.15) is 5.69 Å². The Labute approximate surface area is 150 Å². The van der Waals surface area contributed by atoms with Crippen molar-refractivity contribution in [2.24, 2.45) is 9.98 Å². The molecule has 0 atom stereocenters. The highest BCUT2D eigenvalue weighted by molar-refractivity contribution is 6.09. The lowest BCUT2D eigenvalue weighted by Gasteiger charge is -2.07. The van der Waals surface area contributed by atoms with Gasteiger partial charge in [-0.25, -0.2) is 4.98 Å². The number of hydrogen-bond acceptors (Lipinski definition) is 6. The van der Waals surface area contributed by atoms with Gasteiger partial charge in [-0.1, -0.05) is 5.57 Å². The van der Waals surface area contributed by atoms with Crippen molar-refractivity contribution in [3.05, 3.63) is 59.8 Å². The fourth-order valence-electron chi connectivity index (χ4n) is 3.29. The number of fused-ring (bicyclic) bond motifs is 2. The van der Waals surface area contributed by atoms with Crippen molar-refractivity contribution in [3.63, 3.8) is 0 Å². The Balaban J connectivity index is 1.40. The summed E-state index contributed by atoms with van der Waals surface area (Å²) < 4.78 is 1.99. The molecule has 0 fully saturated rings. The third-order valence-corrected chi connectivity index (χ3v) is 4.55. The molecule has 1 N–H and O–H groups in total. The van der Waals surface area contributed by atoms with E-state index < -0.39 is 0 Å². The largest absolute Gasteiger partial charge is 0.339 e. The van der Waals surface area contributed by atoms with Crippen LogP contribution < -0.4 is 5.32 Å². The van der Waals surface area contributed by atoms with Crippen LogP contribution in [0, 0.1) is 0 Å². The van der Waals surface area contributed by atoms with Crippen LogP contribution in [0.25, 0.3) is 10.9 Å². The summed E-state index contributed by atoms with van der Waals surface area (Å²) in [5.74, 6) is 0.765. The summed E-state index contributed by atoms with van der Waals surface area (Å²) in [4.78, 5) is 17.7. The van der Waals surface area contributed by atoms with Gasteiger partial charge in [-0.15, -0.1) is 0 Å². The molecule has 0 bridgehead atoms. The van der Waals surface area contributed by atoms with Crippen LogP contribution in [-0.2, 0) is 13.1 Å². The molecule has 0 amide bonds. The maximum atomic E-state index is 4.53. The number of benzene rings is 1. The molecule has 5 rings (SSSR count). The zero-order valence-electron chi connectivity index (χ0n) is 14.3. The van der Waals surface area contributed by atoms with Crippen LogP contribution in [0.15, 0.2) is 58.4 Å². The van der Waals surface area contributed by atoms with Crippen LogP contribution in [0.5, 0.6) is 0 Å². The van der Waals surface area contributed by atoms with Gasteiger partial charge in [-0.3, -0.25) is 19.7 Å². The van der Waals surface area contributed by atoms with Gasteiger partial charge in [0.25, 0.3) is 0 Å². The Kier molecular flexibility index (Phi) is 3.38. The summed E-state index contributed by atoms with van der Waals surface area (Å²) in [5.41, 5.74) is 6.15. The van der Waals surface area contributed by atoms with Crippen LogP contribution in [-0.4, -0.2) is 37.8 Å². The fraction of sp³-hybridized carbons (Fsp3) is 0.211. The minimum atomic E-state index is 0.570. The molecule has 7 nitrogen and oxygen atoms in total. The van der Waals surface area contributed by atoms with E-state index in [1.807, 2.05) is 16.9 Å². The molecule has 1 aromatic carbocycles. The lowest BCUT2D eigenvalue weighted by Crippen LogP contribution is -2.13. The van der Waals surface area contributed by atoms with E-state index in [0.717, 1.165) is 46.1 Å². The molecule has 7 heteroatoms. The number of rotatable bonds is 3. The summed E-state index contributed by atoms with van der Waals surface area (Å²) >= 11 is 0. The van der Waals surface area contributed by atoms with Gasteiger partial charge in [0.2, 0.25) is 0 Å². The fourth-order valence-corrected chi connectivity index (χ4v) is 3.29. The van der Waals surface area contributed by atoms with Gasteiger partial charge in [0, 0.05) is 23.5 Å². The van der Waals surface area contributed by atoms with Crippen molar-refractivity contribution in [2.45, 2.75) is 20.0 Å².